The monoisotopic (exact) mass is 194 g/mol. The molecule has 0 aromatic heterocycles. The van der Waals surface area contributed by atoms with E-state index in [1.54, 1.807) is 7.11 Å². The van der Waals surface area contributed by atoms with Gasteiger partial charge in [0.2, 0.25) is 0 Å². The molecule has 2 heteroatoms. The number of aliphatic hydroxyl groups is 1. The Labute approximate surface area is 85.5 Å². The van der Waals surface area contributed by atoms with Crippen LogP contribution in [0.3, 0.4) is 0 Å². The van der Waals surface area contributed by atoms with Crippen molar-refractivity contribution in [3.05, 3.63) is 29.3 Å². The van der Waals surface area contributed by atoms with Crippen LogP contribution in [0.2, 0.25) is 0 Å². The van der Waals surface area contributed by atoms with Crippen LogP contribution in [0.5, 0.6) is 5.75 Å². The average molecular weight is 194 g/mol. The average Bonchev–Trinajstić information content (AvgIpc) is 2.18. The van der Waals surface area contributed by atoms with Gasteiger partial charge in [-0.15, -0.1) is 0 Å². The fraction of sp³-hybridized carbons (Fsp3) is 0.500. The molecule has 1 unspecified atom stereocenters. The molecular formula is C12H18O2. The van der Waals surface area contributed by atoms with Crippen LogP contribution in [0.25, 0.3) is 0 Å². The number of hydrogen-bond donors (Lipinski definition) is 1. The van der Waals surface area contributed by atoms with Crippen molar-refractivity contribution >= 4 is 0 Å². The highest BCUT2D eigenvalue weighted by atomic mass is 16.5. The topological polar surface area (TPSA) is 29.5 Å². The second-order valence-electron chi connectivity index (χ2n) is 3.55. The van der Waals surface area contributed by atoms with Crippen molar-refractivity contribution in [2.24, 2.45) is 0 Å². The zero-order chi connectivity index (χ0) is 10.6. The minimum atomic E-state index is -0.408. The van der Waals surface area contributed by atoms with Crippen molar-refractivity contribution in [2.45, 2.75) is 32.8 Å². The molecule has 1 aromatic rings. The largest absolute Gasteiger partial charge is 0.496 e. The number of methoxy groups -OCH3 is 1. The molecular weight excluding hydrogens is 176 g/mol. The Morgan fingerprint density at radius 3 is 2.71 bits per heavy atom. The van der Waals surface area contributed by atoms with E-state index in [-0.39, 0.29) is 0 Å². The molecule has 0 amide bonds. The van der Waals surface area contributed by atoms with Gasteiger partial charge < -0.3 is 9.84 Å². The van der Waals surface area contributed by atoms with Crippen molar-refractivity contribution < 1.29 is 9.84 Å². The first-order valence-corrected chi connectivity index (χ1v) is 5.01. The summed E-state index contributed by atoms with van der Waals surface area (Å²) in [5.41, 5.74) is 2.05. The maximum atomic E-state index is 9.88. The van der Waals surface area contributed by atoms with Crippen LogP contribution in [0, 0.1) is 6.92 Å². The van der Waals surface area contributed by atoms with E-state index in [0.717, 1.165) is 29.7 Å². The summed E-state index contributed by atoms with van der Waals surface area (Å²) >= 11 is 0. The Morgan fingerprint density at radius 1 is 1.43 bits per heavy atom. The zero-order valence-corrected chi connectivity index (χ0v) is 9.08. The number of benzene rings is 1. The lowest BCUT2D eigenvalue weighted by molar-refractivity contribution is 0.162. The Hall–Kier alpha value is -1.02. The quantitative estimate of drug-likeness (QED) is 0.798. The lowest BCUT2D eigenvalue weighted by Gasteiger charge is -2.14. The highest BCUT2D eigenvalue weighted by Gasteiger charge is 2.11. The second kappa shape index (κ2) is 5.01. The molecule has 14 heavy (non-hydrogen) atoms. The van der Waals surface area contributed by atoms with E-state index >= 15 is 0 Å². The van der Waals surface area contributed by atoms with E-state index < -0.39 is 6.10 Å². The minimum absolute atomic E-state index is 0.408. The summed E-state index contributed by atoms with van der Waals surface area (Å²) in [6, 6.07) is 5.88. The molecule has 0 bridgehead atoms. The number of aliphatic hydroxyl groups excluding tert-OH is 1. The molecule has 0 radical (unpaired) electrons. The third-order valence-electron chi connectivity index (χ3n) is 2.31. The standard InChI is InChI=1S/C12H18O2/c1-4-5-11(13)10-8-9(2)6-7-12(10)14-3/h6-8,11,13H,4-5H2,1-3H3. The third-order valence-corrected chi connectivity index (χ3v) is 2.31. The Kier molecular flexibility index (Phi) is 3.96. The Morgan fingerprint density at radius 2 is 2.14 bits per heavy atom. The molecule has 0 saturated heterocycles. The summed E-state index contributed by atoms with van der Waals surface area (Å²) < 4.78 is 5.21. The summed E-state index contributed by atoms with van der Waals surface area (Å²) in [6.07, 6.45) is 1.34. The molecule has 2 nitrogen and oxygen atoms in total. The van der Waals surface area contributed by atoms with E-state index in [9.17, 15) is 5.11 Å². The summed E-state index contributed by atoms with van der Waals surface area (Å²) in [6.45, 7) is 4.08. The van der Waals surface area contributed by atoms with Gasteiger partial charge in [0, 0.05) is 5.56 Å². The summed E-state index contributed by atoms with van der Waals surface area (Å²) in [5, 5.41) is 9.88. The van der Waals surface area contributed by atoms with Gasteiger partial charge >= 0.3 is 0 Å². The molecule has 0 aliphatic heterocycles. The molecule has 0 aliphatic rings. The first-order valence-electron chi connectivity index (χ1n) is 5.01. The van der Waals surface area contributed by atoms with Crippen molar-refractivity contribution in [1.82, 2.24) is 0 Å². The van der Waals surface area contributed by atoms with Crippen molar-refractivity contribution in [3.8, 4) is 5.75 Å². The normalized spacial score (nSPS) is 12.6. The molecule has 1 N–H and O–H groups in total. The van der Waals surface area contributed by atoms with Crippen molar-refractivity contribution in [3.63, 3.8) is 0 Å². The van der Waals surface area contributed by atoms with E-state index in [4.69, 9.17) is 4.74 Å². The van der Waals surface area contributed by atoms with Crippen molar-refractivity contribution in [1.29, 1.82) is 0 Å². The summed E-state index contributed by atoms with van der Waals surface area (Å²) in [5.74, 6) is 0.775. The SMILES string of the molecule is CCCC(O)c1cc(C)ccc1OC. The molecule has 78 valence electrons. The fourth-order valence-corrected chi connectivity index (χ4v) is 1.54. The van der Waals surface area contributed by atoms with E-state index in [2.05, 4.69) is 6.92 Å². The smallest absolute Gasteiger partial charge is 0.124 e. The molecule has 0 fully saturated rings. The molecule has 0 saturated carbocycles. The van der Waals surface area contributed by atoms with Gasteiger partial charge in [-0.05, 0) is 25.5 Å². The molecule has 1 atom stereocenters. The molecule has 0 aliphatic carbocycles. The van der Waals surface area contributed by atoms with Gasteiger partial charge in [0.25, 0.3) is 0 Å². The predicted octanol–water partition coefficient (Wildman–Crippen LogP) is 2.84. The second-order valence-corrected chi connectivity index (χ2v) is 3.55. The first kappa shape index (κ1) is 11.1. The number of aryl methyl sites for hydroxylation is 1. The Bertz CT molecular complexity index is 294. The highest BCUT2D eigenvalue weighted by Crippen LogP contribution is 2.28. The highest BCUT2D eigenvalue weighted by molar-refractivity contribution is 5.38. The van der Waals surface area contributed by atoms with Crippen LogP contribution >= 0.6 is 0 Å². The maximum Gasteiger partial charge on any atom is 0.124 e. The molecule has 0 heterocycles. The van der Waals surface area contributed by atoms with Gasteiger partial charge in [0.1, 0.15) is 5.75 Å². The minimum Gasteiger partial charge on any atom is -0.496 e. The van der Waals surface area contributed by atoms with Crippen LogP contribution < -0.4 is 4.74 Å². The predicted molar refractivity (Wildman–Crippen MR) is 57.6 cm³/mol. The third kappa shape index (κ3) is 2.48. The van der Waals surface area contributed by atoms with Gasteiger partial charge in [0.15, 0.2) is 0 Å². The zero-order valence-electron chi connectivity index (χ0n) is 9.08. The van der Waals surface area contributed by atoms with Crippen LogP contribution in [-0.2, 0) is 0 Å². The van der Waals surface area contributed by atoms with Crippen molar-refractivity contribution in [2.75, 3.05) is 7.11 Å². The number of ether oxygens (including phenoxy) is 1. The van der Waals surface area contributed by atoms with E-state index in [1.165, 1.54) is 0 Å². The van der Waals surface area contributed by atoms with Gasteiger partial charge in [-0.1, -0.05) is 25.0 Å². The van der Waals surface area contributed by atoms with Gasteiger partial charge in [0.05, 0.1) is 13.2 Å². The Balaban J connectivity index is 2.97. The lowest BCUT2D eigenvalue weighted by Crippen LogP contribution is -2.00. The lowest BCUT2D eigenvalue weighted by atomic mass is 10.0. The fourth-order valence-electron chi connectivity index (χ4n) is 1.54. The first-order chi connectivity index (χ1) is 6.69. The van der Waals surface area contributed by atoms with Gasteiger partial charge in [-0.2, -0.15) is 0 Å². The maximum absolute atomic E-state index is 9.88. The number of hydrogen-bond acceptors (Lipinski definition) is 2. The van der Waals surface area contributed by atoms with Gasteiger partial charge in [-0.25, -0.2) is 0 Å². The molecule has 1 aromatic carbocycles. The number of rotatable bonds is 4. The molecule has 1 rings (SSSR count). The van der Waals surface area contributed by atoms with Crippen LogP contribution in [0.4, 0.5) is 0 Å². The van der Waals surface area contributed by atoms with Crippen LogP contribution in [-0.4, -0.2) is 12.2 Å². The summed E-state index contributed by atoms with van der Waals surface area (Å²) in [7, 11) is 1.63. The van der Waals surface area contributed by atoms with Crippen LogP contribution in [0.1, 0.15) is 37.0 Å². The van der Waals surface area contributed by atoms with Crippen LogP contribution in [0.15, 0.2) is 18.2 Å². The van der Waals surface area contributed by atoms with Gasteiger partial charge in [-0.3, -0.25) is 0 Å². The van der Waals surface area contributed by atoms with E-state index in [1.807, 2.05) is 25.1 Å². The molecule has 0 spiro atoms. The van der Waals surface area contributed by atoms with E-state index in [0.29, 0.717) is 0 Å². The summed E-state index contributed by atoms with van der Waals surface area (Å²) in [4.78, 5) is 0.